The van der Waals surface area contributed by atoms with Crippen LogP contribution in [0.25, 0.3) is 0 Å². The number of benzene rings is 3. The second-order valence-electron chi connectivity index (χ2n) is 6.17. The van der Waals surface area contributed by atoms with E-state index in [0.29, 0.717) is 0 Å². The standard InChI is InChI=1S/C22H23O6P/c23-22(25-16-19-10-4-1-5-11-19)28-29(24,26-17-20-12-6-2-7-13-20)27-18-21-14-8-3-9-15-21/h1-15,22-23H,16-18H2. The molecule has 1 atom stereocenters. The van der Waals surface area contributed by atoms with Crippen molar-refractivity contribution < 1.29 is 28.0 Å². The second kappa shape index (κ2) is 11.0. The molecule has 0 aliphatic carbocycles. The third kappa shape index (κ3) is 7.55. The number of hydrogen-bond donors (Lipinski definition) is 1. The number of phosphoric acid groups is 1. The summed E-state index contributed by atoms with van der Waals surface area (Å²) in [7, 11) is -4.10. The van der Waals surface area contributed by atoms with Crippen molar-refractivity contribution in [2.24, 2.45) is 0 Å². The van der Waals surface area contributed by atoms with Gasteiger partial charge < -0.3 is 9.84 Å². The maximum absolute atomic E-state index is 13.1. The molecule has 7 heteroatoms. The van der Waals surface area contributed by atoms with E-state index in [-0.39, 0.29) is 19.8 Å². The van der Waals surface area contributed by atoms with Gasteiger partial charge >= 0.3 is 7.82 Å². The van der Waals surface area contributed by atoms with Crippen molar-refractivity contribution in [2.75, 3.05) is 0 Å². The number of rotatable bonds is 11. The average molecular weight is 414 g/mol. The van der Waals surface area contributed by atoms with Crippen LogP contribution >= 0.6 is 7.82 Å². The van der Waals surface area contributed by atoms with E-state index in [4.69, 9.17) is 18.3 Å². The van der Waals surface area contributed by atoms with Crippen LogP contribution in [0.2, 0.25) is 0 Å². The summed E-state index contributed by atoms with van der Waals surface area (Å²) in [6.45, 7) is -1.69. The fraction of sp³-hybridized carbons (Fsp3) is 0.182. The van der Waals surface area contributed by atoms with Crippen molar-refractivity contribution >= 4 is 7.82 Å². The zero-order chi connectivity index (χ0) is 20.4. The summed E-state index contributed by atoms with van der Waals surface area (Å²) in [5.74, 6) is 0. The van der Waals surface area contributed by atoms with Crippen LogP contribution in [-0.4, -0.2) is 11.6 Å². The lowest BCUT2D eigenvalue weighted by Crippen LogP contribution is -2.16. The van der Waals surface area contributed by atoms with Gasteiger partial charge in [-0.3, -0.25) is 9.05 Å². The van der Waals surface area contributed by atoms with Crippen molar-refractivity contribution in [2.45, 2.75) is 26.3 Å². The van der Waals surface area contributed by atoms with E-state index in [1.165, 1.54) is 0 Å². The predicted octanol–water partition coefficient (Wildman–Crippen LogP) is 5.04. The van der Waals surface area contributed by atoms with E-state index < -0.39 is 14.3 Å². The van der Waals surface area contributed by atoms with Gasteiger partial charge in [0.25, 0.3) is 6.48 Å². The lowest BCUT2D eigenvalue weighted by atomic mass is 10.2. The summed E-state index contributed by atoms with van der Waals surface area (Å²) >= 11 is 0. The quantitative estimate of drug-likeness (QED) is 0.350. The molecular formula is C22H23O6P. The van der Waals surface area contributed by atoms with E-state index in [1.54, 1.807) is 0 Å². The Hall–Kier alpha value is -2.31. The first-order valence-corrected chi connectivity index (χ1v) is 10.6. The zero-order valence-corrected chi connectivity index (χ0v) is 16.7. The first-order valence-electron chi connectivity index (χ1n) is 9.12. The van der Waals surface area contributed by atoms with E-state index in [2.05, 4.69) is 0 Å². The first-order chi connectivity index (χ1) is 14.1. The summed E-state index contributed by atoms with van der Waals surface area (Å²) in [6, 6.07) is 27.6. The van der Waals surface area contributed by atoms with Gasteiger partial charge in [-0.25, -0.2) is 9.09 Å². The summed E-state index contributed by atoms with van der Waals surface area (Å²) in [6.07, 6.45) is 0. The van der Waals surface area contributed by atoms with Crippen molar-refractivity contribution in [3.8, 4) is 0 Å². The van der Waals surface area contributed by atoms with Crippen molar-refractivity contribution in [3.05, 3.63) is 108 Å². The van der Waals surface area contributed by atoms with E-state index in [0.717, 1.165) is 16.7 Å². The highest BCUT2D eigenvalue weighted by Crippen LogP contribution is 2.51. The molecule has 3 aromatic rings. The largest absolute Gasteiger partial charge is 0.479 e. The Bertz CT molecular complexity index is 841. The Morgan fingerprint density at radius 1 is 0.655 bits per heavy atom. The fourth-order valence-corrected chi connectivity index (χ4v) is 3.53. The van der Waals surface area contributed by atoms with Crippen LogP contribution in [0.3, 0.4) is 0 Å². The van der Waals surface area contributed by atoms with Crippen LogP contribution in [0.15, 0.2) is 91.0 Å². The van der Waals surface area contributed by atoms with E-state index >= 15 is 0 Å². The molecule has 0 amide bonds. The third-order valence-corrected chi connectivity index (χ3v) is 5.25. The summed E-state index contributed by atoms with van der Waals surface area (Å²) < 4.78 is 34.3. The highest BCUT2D eigenvalue weighted by molar-refractivity contribution is 7.48. The first kappa shape index (κ1) is 21.4. The molecule has 0 aliphatic heterocycles. The fourth-order valence-electron chi connectivity index (χ4n) is 2.44. The van der Waals surface area contributed by atoms with Gasteiger partial charge in [0.2, 0.25) is 0 Å². The van der Waals surface area contributed by atoms with Crippen LogP contribution in [0, 0.1) is 0 Å². The molecule has 3 aromatic carbocycles. The van der Waals surface area contributed by atoms with Gasteiger partial charge in [-0.05, 0) is 16.7 Å². The molecule has 0 aromatic heterocycles. The molecule has 1 N–H and O–H groups in total. The molecule has 152 valence electrons. The van der Waals surface area contributed by atoms with Gasteiger partial charge in [0.1, 0.15) is 0 Å². The lowest BCUT2D eigenvalue weighted by molar-refractivity contribution is -0.232. The van der Waals surface area contributed by atoms with Gasteiger partial charge in [0.05, 0.1) is 19.8 Å². The Labute approximate surface area is 170 Å². The Balaban J connectivity index is 1.61. The normalized spacial score (nSPS) is 12.6. The molecule has 0 spiro atoms. The van der Waals surface area contributed by atoms with Crippen LogP contribution in [0.1, 0.15) is 16.7 Å². The Kier molecular flexibility index (Phi) is 8.14. The molecule has 0 bridgehead atoms. The van der Waals surface area contributed by atoms with Gasteiger partial charge in [-0.2, -0.15) is 0 Å². The maximum Gasteiger partial charge on any atom is 0.479 e. The second-order valence-corrected chi connectivity index (χ2v) is 7.80. The molecule has 29 heavy (non-hydrogen) atoms. The molecule has 0 aliphatic rings. The Morgan fingerprint density at radius 2 is 1.03 bits per heavy atom. The molecule has 3 rings (SSSR count). The topological polar surface area (TPSA) is 74.2 Å². The molecule has 0 heterocycles. The molecule has 0 radical (unpaired) electrons. The highest BCUT2D eigenvalue weighted by Gasteiger charge is 2.31. The van der Waals surface area contributed by atoms with Crippen LogP contribution < -0.4 is 0 Å². The Morgan fingerprint density at radius 3 is 1.45 bits per heavy atom. The van der Waals surface area contributed by atoms with Crippen molar-refractivity contribution in [3.63, 3.8) is 0 Å². The van der Waals surface area contributed by atoms with Gasteiger partial charge in [0.15, 0.2) is 0 Å². The monoisotopic (exact) mass is 414 g/mol. The molecule has 0 fully saturated rings. The lowest BCUT2D eigenvalue weighted by Gasteiger charge is -2.21. The van der Waals surface area contributed by atoms with Crippen molar-refractivity contribution in [1.82, 2.24) is 0 Å². The summed E-state index contributed by atoms with van der Waals surface area (Å²) in [4.78, 5) is 0. The van der Waals surface area contributed by atoms with Crippen molar-refractivity contribution in [1.29, 1.82) is 0 Å². The smallest absolute Gasteiger partial charge is 0.345 e. The van der Waals surface area contributed by atoms with Crippen LogP contribution in [0.4, 0.5) is 0 Å². The average Bonchev–Trinajstić information content (AvgIpc) is 2.77. The van der Waals surface area contributed by atoms with Crippen LogP contribution in [-0.2, 0) is 42.7 Å². The highest BCUT2D eigenvalue weighted by atomic mass is 31.2. The van der Waals surface area contributed by atoms with Gasteiger partial charge in [0, 0.05) is 0 Å². The van der Waals surface area contributed by atoms with Gasteiger partial charge in [-0.1, -0.05) is 91.0 Å². The number of hydrogen-bond acceptors (Lipinski definition) is 6. The maximum atomic E-state index is 13.1. The molecule has 6 nitrogen and oxygen atoms in total. The number of aliphatic hydroxyl groups is 1. The molecular weight excluding hydrogens is 391 g/mol. The van der Waals surface area contributed by atoms with E-state index in [9.17, 15) is 9.67 Å². The summed E-state index contributed by atoms with van der Waals surface area (Å²) in [5.41, 5.74) is 2.42. The molecule has 0 saturated heterocycles. The molecule has 1 unspecified atom stereocenters. The number of phosphoric ester groups is 1. The van der Waals surface area contributed by atoms with Gasteiger partial charge in [-0.15, -0.1) is 0 Å². The third-order valence-electron chi connectivity index (χ3n) is 3.92. The van der Waals surface area contributed by atoms with Crippen LogP contribution in [0.5, 0.6) is 0 Å². The number of ether oxygens (including phenoxy) is 1. The zero-order valence-electron chi connectivity index (χ0n) is 15.8. The minimum absolute atomic E-state index is 0.00167. The minimum atomic E-state index is -4.10. The predicted molar refractivity (Wildman–Crippen MR) is 108 cm³/mol. The SMILES string of the molecule is O=P(OCc1ccccc1)(OCc1ccccc1)OC(O)OCc1ccccc1. The molecule has 0 saturated carbocycles. The van der Waals surface area contributed by atoms with E-state index in [1.807, 2.05) is 91.0 Å². The summed E-state index contributed by atoms with van der Waals surface area (Å²) in [5, 5.41) is 10.1. The minimum Gasteiger partial charge on any atom is -0.345 e. The number of aliphatic hydroxyl groups excluding tert-OH is 1.